The van der Waals surface area contributed by atoms with Crippen molar-refractivity contribution in [3.8, 4) is 0 Å². The van der Waals surface area contributed by atoms with Crippen LogP contribution in [-0.2, 0) is 10.2 Å². The fourth-order valence-electron chi connectivity index (χ4n) is 1.20. The molecule has 0 aromatic rings. The van der Waals surface area contributed by atoms with E-state index in [1.807, 2.05) is 6.92 Å². The summed E-state index contributed by atoms with van der Waals surface area (Å²) in [6, 6.07) is -0.0289. The Balaban J connectivity index is 0.00000121. The molecule has 0 saturated carbocycles. The maximum absolute atomic E-state index is 10.9. The fourth-order valence-corrected chi connectivity index (χ4v) is 2.12. The lowest BCUT2D eigenvalue weighted by molar-refractivity contribution is 0.284. The lowest BCUT2D eigenvalue weighted by Crippen LogP contribution is -2.54. The van der Waals surface area contributed by atoms with E-state index in [4.69, 9.17) is 5.14 Å². The summed E-state index contributed by atoms with van der Waals surface area (Å²) in [4.78, 5) is 0. The van der Waals surface area contributed by atoms with Crippen molar-refractivity contribution in [1.29, 1.82) is 0 Å². The molecule has 1 saturated heterocycles. The summed E-state index contributed by atoms with van der Waals surface area (Å²) in [6.07, 6.45) is 0. The molecule has 5 nitrogen and oxygen atoms in total. The summed E-state index contributed by atoms with van der Waals surface area (Å²) in [5.74, 6) is 0. The van der Waals surface area contributed by atoms with Crippen LogP contribution in [0.5, 0.6) is 0 Å². The molecule has 3 N–H and O–H groups in total. The van der Waals surface area contributed by atoms with E-state index in [0.717, 1.165) is 0 Å². The minimum Gasteiger partial charge on any atom is -0.314 e. The Morgan fingerprint density at radius 3 is 2.50 bits per heavy atom. The number of nitrogens with zero attached hydrogens (tertiary/aromatic N) is 1. The number of hydrogen-bond acceptors (Lipinski definition) is 3. The Hall–Kier alpha value is 0.120. The molecule has 74 valence electrons. The van der Waals surface area contributed by atoms with Crippen LogP contribution in [0.15, 0.2) is 0 Å². The lowest BCUT2D eigenvalue weighted by Gasteiger charge is -2.30. The number of nitrogens with one attached hydrogen (secondary N) is 1. The molecule has 7 heteroatoms. The highest BCUT2D eigenvalue weighted by Crippen LogP contribution is 2.04. The predicted octanol–water partition coefficient (Wildman–Crippen LogP) is -1.09. The van der Waals surface area contributed by atoms with E-state index in [1.165, 1.54) is 4.31 Å². The third kappa shape index (κ3) is 2.87. The SMILES string of the molecule is C[C@H]1CNCCN1S(N)(=O)=O.Cl. The quantitative estimate of drug-likeness (QED) is 0.584. The molecular formula is C5H14ClN3O2S. The van der Waals surface area contributed by atoms with E-state index in [0.29, 0.717) is 19.6 Å². The largest absolute Gasteiger partial charge is 0.314 e. The number of hydrogen-bond donors (Lipinski definition) is 2. The third-order valence-corrected chi connectivity index (χ3v) is 2.96. The molecule has 0 radical (unpaired) electrons. The van der Waals surface area contributed by atoms with Crippen LogP contribution in [-0.4, -0.2) is 38.4 Å². The van der Waals surface area contributed by atoms with Gasteiger partial charge in [0.25, 0.3) is 10.2 Å². The van der Waals surface area contributed by atoms with Crippen molar-refractivity contribution in [2.45, 2.75) is 13.0 Å². The van der Waals surface area contributed by atoms with Crippen LogP contribution in [0.2, 0.25) is 0 Å². The predicted molar refractivity (Wildman–Crippen MR) is 49.4 cm³/mol. The molecule has 1 fully saturated rings. The van der Waals surface area contributed by atoms with E-state index in [1.54, 1.807) is 0 Å². The van der Waals surface area contributed by atoms with E-state index in [-0.39, 0.29) is 18.4 Å². The molecule has 0 aromatic carbocycles. The van der Waals surface area contributed by atoms with Crippen molar-refractivity contribution in [3.63, 3.8) is 0 Å². The highest BCUT2D eigenvalue weighted by atomic mass is 35.5. The standard InChI is InChI=1S/C5H13N3O2S.ClH/c1-5-4-7-2-3-8(5)11(6,9)10;/h5,7H,2-4H2,1H3,(H2,6,9,10);1H/t5-;/m0./s1. The van der Waals surface area contributed by atoms with E-state index >= 15 is 0 Å². The molecule has 1 aliphatic heterocycles. The maximum atomic E-state index is 10.9. The maximum Gasteiger partial charge on any atom is 0.277 e. The van der Waals surface area contributed by atoms with Gasteiger partial charge in [0.15, 0.2) is 0 Å². The van der Waals surface area contributed by atoms with Crippen molar-refractivity contribution in [3.05, 3.63) is 0 Å². The molecule has 1 atom stereocenters. The van der Waals surface area contributed by atoms with Gasteiger partial charge in [-0.25, -0.2) is 5.14 Å². The number of rotatable bonds is 1. The van der Waals surface area contributed by atoms with Gasteiger partial charge in [-0.1, -0.05) is 0 Å². The number of halogens is 1. The van der Waals surface area contributed by atoms with Gasteiger partial charge in [-0.05, 0) is 6.92 Å². The zero-order valence-electron chi connectivity index (χ0n) is 6.86. The topological polar surface area (TPSA) is 75.4 Å². The molecule has 1 aliphatic rings. The average Bonchev–Trinajstić information content (AvgIpc) is 1.86. The van der Waals surface area contributed by atoms with E-state index in [9.17, 15) is 8.42 Å². The van der Waals surface area contributed by atoms with Gasteiger partial charge in [-0.3, -0.25) is 0 Å². The van der Waals surface area contributed by atoms with Gasteiger partial charge in [0.1, 0.15) is 0 Å². The second-order valence-corrected chi connectivity index (χ2v) is 4.21. The second kappa shape index (κ2) is 4.38. The summed E-state index contributed by atoms with van der Waals surface area (Å²) in [5, 5.41) is 8.05. The summed E-state index contributed by atoms with van der Waals surface area (Å²) >= 11 is 0. The van der Waals surface area contributed by atoms with Gasteiger partial charge >= 0.3 is 0 Å². The van der Waals surface area contributed by atoms with Crippen LogP contribution >= 0.6 is 12.4 Å². The number of nitrogens with two attached hydrogens (primary N) is 1. The smallest absolute Gasteiger partial charge is 0.277 e. The van der Waals surface area contributed by atoms with E-state index in [2.05, 4.69) is 5.32 Å². The molecule has 0 aliphatic carbocycles. The zero-order valence-corrected chi connectivity index (χ0v) is 8.49. The molecule has 1 heterocycles. The first-order valence-corrected chi connectivity index (χ1v) is 5.02. The van der Waals surface area contributed by atoms with Crippen molar-refractivity contribution in [2.75, 3.05) is 19.6 Å². The average molecular weight is 216 g/mol. The van der Waals surface area contributed by atoms with Crippen LogP contribution in [0.3, 0.4) is 0 Å². The summed E-state index contributed by atoms with van der Waals surface area (Å²) in [5.41, 5.74) is 0. The molecule has 0 amide bonds. The first kappa shape index (κ1) is 12.1. The summed E-state index contributed by atoms with van der Waals surface area (Å²) in [6.45, 7) is 3.66. The monoisotopic (exact) mass is 215 g/mol. The van der Waals surface area contributed by atoms with Crippen molar-refractivity contribution in [2.24, 2.45) is 5.14 Å². The molecule has 12 heavy (non-hydrogen) atoms. The van der Waals surface area contributed by atoms with Crippen LogP contribution in [0.4, 0.5) is 0 Å². The minimum absolute atomic E-state index is 0. The van der Waals surface area contributed by atoms with E-state index < -0.39 is 10.2 Å². The zero-order chi connectivity index (χ0) is 8.48. The molecule has 0 bridgehead atoms. The van der Waals surface area contributed by atoms with Gasteiger partial charge in [0.2, 0.25) is 0 Å². The van der Waals surface area contributed by atoms with Crippen molar-refractivity contribution < 1.29 is 8.42 Å². The highest BCUT2D eigenvalue weighted by Gasteiger charge is 2.25. The molecule has 0 spiro atoms. The summed E-state index contributed by atoms with van der Waals surface area (Å²) in [7, 11) is -3.48. The van der Waals surface area contributed by atoms with Crippen LogP contribution < -0.4 is 10.5 Å². The Morgan fingerprint density at radius 2 is 2.17 bits per heavy atom. The summed E-state index contributed by atoms with van der Waals surface area (Å²) < 4.78 is 23.1. The van der Waals surface area contributed by atoms with Gasteiger partial charge in [-0.15, -0.1) is 12.4 Å². The fraction of sp³-hybridized carbons (Fsp3) is 1.00. The van der Waals surface area contributed by atoms with Crippen LogP contribution in [0.1, 0.15) is 6.92 Å². The van der Waals surface area contributed by atoms with Gasteiger partial charge < -0.3 is 5.32 Å². The van der Waals surface area contributed by atoms with Crippen LogP contribution in [0.25, 0.3) is 0 Å². The Kier molecular flexibility index (Phi) is 4.43. The first-order valence-electron chi connectivity index (χ1n) is 3.52. The Labute approximate surface area is 78.9 Å². The highest BCUT2D eigenvalue weighted by molar-refractivity contribution is 7.86. The van der Waals surface area contributed by atoms with Gasteiger partial charge in [0.05, 0.1) is 0 Å². The molecule has 1 rings (SSSR count). The van der Waals surface area contributed by atoms with Crippen LogP contribution in [0, 0.1) is 0 Å². The first-order chi connectivity index (χ1) is 5.02. The van der Waals surface area contributed by atoms with Gasteiger partial charge in [-0.2, -0.15) is 12.7 Å². The Morgan fingerprint density at radius 1 is 1.58 bits per heavy atom. The Bertz CT molecular complexity index is 231. The molecular weight excluding hydrogens is 202 g/mol. The van der Waals surface area contributed by atoms with Crippen molar-refractivity contribution in [1.82, 2.24) is 9.62 Å². The second-order valence-electron chi connectivity index (χ2n) is 2.71. The minimum atomic E-state index is -3.48. The number of piperazine rings is 1. The van der Waals surface area contributed by atoms with Crippen molar-refractivity contribution >= 4 is 22.6 Å². The molecule has 0 unspecified atom stereocenters. The lowest BCUT2D eigenvalue weighted by atomic mass is 10.3. The van der Waals surface area contributed by atoms with Gasteiger partial charge in [0, 0.05) is 25.7 Å². The molecule has 0 aromatic heterocycles. The normalized spacial score (nSPS) is 26.3. The third-order valence-electron chi connectivity index (χ3n) is 1.77.